The largest absolute Gasteiger partial charge is 0.361 e. The van der Waals surface area contributed by atoms with Gasteiger partial charge in [-0.15, -0.1) is 5.92 Å². The van der Waals surface area contributed by atoms with E-state index in [1.165, 1.54) is 0 Å². The van der Waals surface area contributed by atoms with Gasteiger partial charge in [-0.1, -0.05) is 26.3 Å². The lowest BCUT2D eigenvalue weighted by atomic mass is 10.1. The minimum Gasteiger partial charge on any atom is -0.361 e. The molecule has 0 aromatic carbocycles. The van der Waals surface area contributed by atoms with E-state index in [1.807, 2.05) is 20.8 Å². The van der Waals surface area contributed by atoms with Crippen LogP contribution in [0.15, 0.2) is 12.2 Å². The van der Waals surface area contributed by atoms with Gasteiger partial charge < -0.3 is 4.74 Å². The molecule has 0 spiro atoms. The first kappa shape index (κ1) is 12.9. The van der Waals surface area contributed by atoms with Gasteiger partial charge in [0.1, 0.15) is 6.10 Å². The van der Waals surface area contributed by atoms with Crippen molar-refractivity contribution in [3.05, 3.63) is 12.2 Å². The maximum Gasteiger partial charge on any atom is 0.161 e. The summed E-state index contributed by atoms with van der Waals surface area (Å²) in [5, 5.41) is 0. The summed E-state index contributed by atoms with van der Waals surface area (Å²) in [5.74, 6) is 5.82. The lowest BCUT2D eigenvalue weighted by Crippen LogP contribution is -2.19. The molecular weight excluding hydrogens is 176 g/mol. The lowest BCUT2D eigenvalue weighted by molar-refractivity contribution is -0.116. The molecule has 1 unspecified atom stereocenters. The van der Waals surface area contributed by atoms with E-state index in [4.69, 9.17) is 4.74 Å². The summed E-state index contributed by atoms with van der Waals surface area (Å²) in [4.78, 5) is 11.3. The van der Waals surface area contributed by atoms with E-state index in [0.29, 0.717) is 18.6 Å². The maximum atomic E-state index is 11.3. The van der Waals surface area contributed by atoms with Crippen LogP contribution in [-0.4, -0.2) is 18.5 Å². The van der Waals surface area contributed by atoms with Crippen molar-refractivity contribution in [1.82, 2.24) is 0 Å². The number of carbonyl (C=O) groups excluding carboxylic acids is 1. The van der Waals surface area contributed by atoms with E-state index in [1.54, 1.807) is 0 Å². The monoisotopic (exact) mass is 194 g/mol. The molecule has 0 saturated carbocycles. The molecule has 2 heteroatoms. The summed E-state index contributed by atoms with van der Waals surface area (Å²) in [6.07, 6.45) is 0.792. The van der Waals surface area contributed by atoms with E-state index in [0.717, 1.165) is 6.42 Å². The van der Waals surface area contributed by atoms with Crippen LogP contribution in [0.4, 0.5) is 0 Å². The smallest absolute Gasteiger partial charge is 0.161 e. The molecular formula is C12H18O2. The lowest BCUT2D eigenvalue weighted by Gasteiger charge is -2.11. The van der Waals surface area contributed by atoms with Crippen LogP contribution in [-0.2, 0) is 9.53 Å². The molecule has 0 aliphatic carbocycles. The summed E-state index contributed by atoms with van der Waals surface area (Å²) in [5.41, 5.74) is 0.468. The summed E-state index contributed by atoms with van der Waals surface area (Å²) in [6.45, 7) is 9.91. The Morgan fingerprint density at radius 3 is 2.50 bits per heavy atom. The Kier molecular flexibility index (Phi) is 6.78. The SMILES string of the molecule is C=C(C(=O)CC)C(C#CCC)OCC. The molecule has 0 bridgehead atoms. The zero-order chi connectivity index (χ0) is 11.0. The predicted octanol–water partition coefficient (Wildman–Crippen LogP) is 2.34. The number of carbonyl (C=O) groups is 1. The first-order chi connectivity index (χ1) is 6.67. The Balaban J connectivity index is 4.48. The zero-order valence-electron chi connectivity index (χ0n) is 9.22. The molecule has 2 nitrogen and oxygen atoms in total. The first-order valence-electron chi connectivity index (χ1n) is 4.99. The fourth-order valence-electron chi connectivity index (χ4n) is 0.964. The van der Waals surface area contributed by atoms with Gasteiger partial charge in [-0.25, -0.2) is 0 Å². The summed E-state index contributed by atoms with van der Waals surface area (Å²) >= 11 is 0. The number of ether oxygens (including phenoxy) is 1. The molecule has 0 aliphatic rings. The highest BCUT2D eigenvalue weighted by atomic mass is 16.5. The average molecular weight is 194 g/mol. The molecule has 0 aromatic rings. The number of rotatable bonds is 5. The molecule has 0 aliphatic heterocycles. The van der Waals surface area contributed by atoms with Crippen LogP contribution < -0.4 is 0 Å². The maximum absolute atomic E-state index is 11.3. The summed E-state index contributed by atoms with van der Waals surface area (Å²) in [7, 11) is 0. The number of hydrogen-bond acceptors (Lipinski definition) is 2. The van der Waals surface area contributed by atoms with Gasteiger partial charge in [-0.2, -0.15) is 0 Å². The fraction of sp³-hybridized carbons (Fsp3) is 0.583. The van der Waals surface area contributed by atoms with Gasteiger partial charge in [-0.3, -0.25) is 4.79 Å². The third-order valence-corrected chi connectivity index (χ3v) is 1.74. The highest BCUT2D eigenvalue weighted by Gasteiger charge is 2.15. The Hall–Kier alpha value is -1.07. The van der Waals surface area contributed by atoms with E-state index >= 15 is 0 Å². The molecule has 0 radical (unpaired) electrons. The van der Waals surface area contributed by atoms with Crippen molar-refractivity contribution in [3.8, 4) is 11.8 Å². The summed E-state index contributed by atoms with van der Waals surface area (Å²) < 4.78 is 5.33. The van der Waals surface area contributed by atoms with Crippen molar-refractivity contribution < 1.29 is 9.53 Å². The number of ketones is 1. The highest BCUT2D eigenvalue weighted by molar-refractivity contribution is 5.96. The molecule has 14 heavy (non-hydrogen) atoms. The number of Topliss-reactive ketones (excluding diaryl/α,β-unsaturated/α-hetero) is 1. The third kappa shape index (κ3) is 4.25. The van der Waals surface area contributed by atoms with Gasteiger partial charge in [0.25, 0.3) is 0 Å². The molecule has 0 heterocycles. The van der Waals surface area contributed by atoms with Gasteiger partial charge in [-0.05, 0) is 6.92 Å². The van der Waals surface area contributed by atoms with Crippen molar-refractivity contribution in [2.24, 2.45) is 0 Å². The third-order valence-electron chi connectivity index (χ3n) is 1.74. The minimum absolute atomic E-state index is 0.0221. The number of hydrogen-bond donors (Lipinski definition) is 0. The predicted molar refractivity (Wildman–Crippen MR) is 57.9 cm³/mol. The van der Waals surface area contributed by atoms with Crippen LogP contribution in [0.5, 0.6) is 0 Å². The van der Waals surface area contributed by atoms with Crippen LogP contribution in [0.3, 0.4) is 0 Å². The standard InChI is InChI=1S/C12H18O2/c1-5-8-9-12(14-7-3)10(4)11(13)6-2/h12H,4-7H2,1-3H3. The minimum atomic E-state index is -0.424. The molecule has 0 N–H and O–H groups in total. The van der Waals surface area contributed by atoms with Crippen molar-refractivity contribution >= 4 is 5.78 Å². The van der Waals surface area contributed by atoms with Gasteiger partial charge in [0.2, 0.25) is 0 Å². The van der Waals surface area contributed by atoms with Crippen LogP contribution in [0, 0.1) is 11.8 Å². The van der Waals surface area contributed by atoms with E-state index in [2.05, 4.69) is 18.4 Å². The molecule has 78 valence electrons. The fourth-order valence-corrected chi connectivity index (χ4v) is 0.964. The normalized spacial score (nSPS) is 11.4. The van der Waals surface area contributed by atoms with Gasteiger partial charge >= 0.3 is 0 Å². The highest BCUT2D eigenvalue weighted by Crippen LogP contribution is 2.07. The van der Waals surface area contributed by atoms with Gasteiger partial charge in [0.05, 0.1) is 0 Å². The van der Waals surface area contributed by atoms with Crippen LogP contribution in [0.2, 0.25) is 0 Å². The van der Waals surface area contributed by atoms with Crippen molar-refractivity contribution in [1.29, 1.82) is 0 Å². The van der Waals surface area contributed by atoms with E-state index in [-0.39, 0.29) is 5.78 Å². The van der Waals surface area contributed by atoms with Crippen molar-refractivity contribution in [2.75, 3.05) is 6.61 Å². The Labute approximate surface area is 86.3 Å². The molecule has 0 saturated heterocycles. The average Bonchev–Trinajstić information content (AvgIpc) is 2.22. The molecule has 0 rings (SSSR count). The van der Waals surface area contributed by atoms with Crippen molar-refractivity contribution in [2.45, 2.75) is 39.7 Å². The van der Waals surface area contributed by atoms with E-state index in [9.17, 15) is 4.79 Å². The van der Waals surface area contributed by atoms with Crippen LogP contribution in [0.1, 0.15) is 33.6 Å². The molecule has 0 fully saturated rings. The Bertz CT molecular complexity index is 255. The van der Waals surface area contributed by atoms with Crippen LogP contribution >= 0.6 is 0 Å². The molecule has 0 aromatic heterocycles. The Morgan fingerprint density at radius 2 is 2.07 bits per heavy atom. The molecule has 1 atom stereocenters. The first-order valence-corrected chi connectivity index (χ1v) is 4.99. The van der Waals surface area contributed by atoms with E-state index < -0.39 is 6.10 Å². The summed E-state index contributed by atoms with van der Waals surface area (Å²) in [6, 6.07) is 0. The molecule has 0 amide bonds. The van der Waals surface area contributed by atoms with Crippen LogP contribution in [0.25, 0.3) is 0 Å². The topological polar surface area (TPSA) is 26.3 Å². The van der Waals surface area contributed by atoms with Gasteiger partial charge in [0.15, 0.2) is 5.78 Å². The quantitative estimate of drug-likeness (QED) is 0.496. The van der Waals surface area contributed by atoms with Gasteiger partial charge in [0, 0.05) is 25.0 Å². The Morgan fingerprint density at radius 1 is 1.43 bits per heavy atom. The second kappa shape index (κ2) is 7.34. The second-order valence-corrected chi connectivity index (χ2v) is 2.81. The second-order valence-electron chi connectivity index (χ2n) is 2.81. The zero-order valence-corrected chi connectivity index (χ0v) is 9.22. The van der Waals surface area contributed by atoms with Crippen molar-refractivity contribution in [3.63, 3.8) is 0 Å².